The number of benzene rings is 1. The molecule has 0 bridgehead atoms. The molecule has 0 spiro atoms. The number of anilines is 1. The van der Waals surface area contributed by atoms with Crippen molar-refractivity contribution in [2.75, 3.05) is 37.7 Å². The Balaban J connectivity index is 1.83. The van der Waals surface area contributed by atoms with Crippen LogP contribution in [0.5, 0.6) is 5.75 Å². The standard InChI is InChI=1S/C19H30N2O2/c1-3-5-6-7-12-19(22)21-15-13-20(14-16-21)17-10-8-9-11-18(17)23-4-2/h8-11H,3-7,12-16H2,1-2H3. The molecule has 0 aliphatic carbocycles. The minimum atomic E-state index is 0.318. The Morgan fingerprint density at radius 2 is 1.78 bits per heavy atom. The van der Waals surface area contributed by atoms with Gasteiger partial charge in [-0.05, 0) is 25.5 Å². The fourth-order valence-corrected chi connectivity index (χ4v) is 3.05. The van der Waals surface area contributed by atoms with Gasteiger partial charge in [-0.25, -0.2) is 0 Å². The molecule has 1 amide bonds. The second-order valence-electron chi connectivity index (χ2n) is 6.08. The van der Waals surface area contributed by atoms with E-state index in [2.05, 4.69) is 17.9 Å². The van der Waals surface area contributed by atoms with Gasteiger partial charge in [-0.1, -0.05) is 38.3 Å². The van der Waals surface area contributed by atoms with Gasteiger partial charge >= 0.3 is 0 Å². The first-order chi connectivity index (χ1) is 11.3. The predicted molar refractivity (Wildman–Crippen MR) is 95.2 cm³/mol. The number of piperazine rings is 1. The van der Waals surface area contributed by atoms with Gasteiger partial charge in [0.1, 0.15) is 5.75 Å². The quantitative estimate of drug-likeness (QED) is 0.685. The van der Waals surface area contributed by atoms with E-state index in [1.165, 1.54) is 19.3 Å². The Kier molecular flexibility index (Phi) is 7.24. The summed E-state index contributed by atoms with van der Waals surface area (Å²) in [6, 6.07) is 8.17. The van der Waals surface area contributed by atoms with Gasteiger partial charge in [0.2, 0.25) is 5.91 Å². The highest BCUT2D eigenvalue weighted by atomic mass is 16.5. The number of nitrogens with zero attached hydrogens (tertiary/aromatic N) is 2. The van der Waals surface area contributed by atoms with Crippen LogP contribution in [0.1, 0.15) is 46.0 Å². The molecule has 4 heteroatoms. The van der Waals surface area contributed by atoms with E-state index in [0.29, 0.717) is 18.9 Å². The van der Waals surface area contributed by atoms with E-state index in [1.807, 2.05) is 30.0 Å². The van der Waals surface area contributed by atoms with Crippen molar-refractivity contribution in [2.24, 2.45) is 0 Å². The molecular weight excluding hydrogens is 288 g/mol. The first-order valence-electron chi connectivity index (χ1n) is 9.00. The van der Waals surface area contributed by atoms with Crippen molar-refractivity contribution >= 4 is 11.6 Å². The van der Waals surface area contributed by atoms with Crippen molar-refractivity contribution in [1.29, 1.82) is 0 Å². The number of ether oxygens (including phenoxy) is 1. The minimum Gasteiger partial charge on any atom is -0.492 e. The summed E-state index contributed by atoms with van der Waals surface area (Å²) >= 11 is 0. The van der Waals surface area contributed by atoms with E-state index >= 15 is 0 Å². The molecule has 1 saturated heterocycles. The molecule has 0 atom stereocenters. The van der Waals surface area contributed by atoms with Gasteiger partial charge in [0.05, 0.1) is 12.3 Å². The van der Waals surface area contributed by atoms with Crippen LogP contribution in [0, 0.1) is 0 Å². The topological polar surface area (TPSA) is 32.8 Å². The number of para-hydroxylation sites is 2. The SMILES string of the molecule is CCCCCCC(=O)N1CCN(c2ccccc2OCC)CC1. The summed E-state index contributed by atoms with van der Waals surface area (Å²) < 4.78 is 5.72. The molecule has 0 saturated carbocycles. The summed E-state index contributed by atoms with van der Waals surface area (Å²) in [7, 11) is 0. The first-order valence-corrected chi connectivity index (χ1v) is 9.00. The summed E-state index contributed by atoms with van der Waals surface area (Å²) in [4.78, 5) is 16.6. The Morgan fingerprint density at radius 3 is 2.48 bits per heavy atom. The summed E-state index contributed by atoms with van der Waals surface area (Å²) in [6.45, 7) is 8.26. The van der Waals surface area contributed by atoms with Crippen LogP contribution in [0.25, 0.3) is 0 Å². The maximum atomic E-state index is 12.3. The number of hydrogen-bond acceptors (Lipinski definition) is 3. The molecule has 0 radical (unpaired) electrons. The molecule has 1 aliphatic rings. The molecule has 0 aromatic heterocycles. The highest BCUT2D eigenvalue weighted by Gasteiger charge is 2.22. The van der Waals surface area contributed by atoms with Gasteiger partial charge in [0, 0.05) is 32.6 Å². The highest BCUT2D eigenvalue weighted by Crippen LogP contribution is 2.28. The van der Waals surface area contributed by atoms with Gasteiger partial charge in [-0.3, -0.25) is 4.79 Å². The van der Waals surface area contributed by atoms with Crippen molar-refractivity contribution in [2.45, 2.75) is 46.0 Å². The average Bonchev–Trinajstić information content (AvgIpc) is 2.59. The number of rotatable bonds is 8. The largest absolute Gasteiger partial charge is 0.492 e. The predicted octanol–water partition coefficient (Wildman–Crippen LogP) is 3.70. The summed E-state index contributed by atoms with van der Waals surface area (Å²) in [5.41, 5.74) is 1.14. The van der Waals surface area contributed by atoms with Crippen molar-refractivity contribution in [3.63, 3.8) is 0 Å². The minimum absolute atomic E-state index is 0.318. The normalized spacial score (nSPS) is 14.9. The highest BCUT2D eigenvalue weighted by molar-refractivity contribution is 5.76. The third kappa shape index (κ3) is 5.15. The number of carbonyl (C=O) groups excluding carboxylic acids is 1. The van der Waals surface area contributed by atoms with Crippen LogP contribution >= 0.6 is 0 Å². The molecule has 128 valence electrons. The Bertz CT molecular complexity index is 482. The lowest BCUT2D eigenvalue weighted by atomic mass is 10.1. The van der Waals surface area contributed by atoms with E-state index in [9.17, 15) is 4.79 Å². The molecule has 1 heterocycles. The zero-order chi connectivity index (χ0) is 16.5. The Morgan fingerprint density at radius 1 is 1.04 bits per heavy atom. The molecule has 2 rings (SSSR count). The molecule has 1 aliphatic heterocycles. The maximum Gasteiger partial charge on any atom is 0.222 e. The molecule has 1 aromatic carbocycles. The van der Waals surface area contributed by atoms with Crippen LogP contribution in [0.3, 0.4) is 0 Å². The van der Waals surface area contributed by atoms with Crippen molar-refractivity contribution < 1.29 is 9.53 Å². The third-order valence-corrected chi connectivity index (χ3v) is 4.38. The second kappa shape index (κ2) is 9.43. The fourth-order valence-electron chi connectivity index (χ4n) is 3.05. The number of carbonyl (C=O) groups is 1. The second-order valence-corrected chi connectivity index (χ2v) is 6.08. The lowest BCUT2D eigenvalue weighted by Gasteiger charge is -2.36. The number of amides is 1. The molecule has 0 N–H and O–H groups in total. The lowest BCUT2D eigenvalue weighted by molar-refractivity contribution is -0.131. The number of unbranched alkanes of at least 4 members (excludes halogenated alkanes) is 3. The van der Waals surface area contributed by atoms with Crippen LogP contribution < -0.4 is 9.64 Å². The summed E-state index contributed by atoms with van der Waals surface area (Å²) in [5, 5.41) is 0. The third-order valence-electron chi connectivity index (χ3n) is 4.38. The van der Waals surface area contributed by atoms with E-state index < -0.39 is 0 Å². The molecule has 1 fully saturated rings. The smallest absolute Gasteiger partial charge is 0.222 e. The van der Waals surface area contributed by atoms with Crippen molar-refractivity contribution in [3.8, 4) is 5.75 Å². The van der Waals surface area contributed by atoms with Crippen molar-refractivity contribution in [1.82, 2.24) is 4.90 Å². The van der Waals surface area contributed by atoms with E-state index in [1.54, 1.807) is 0 Å². The lowest BCUT2D eigenvalue weighted by Crippen LogP contribution is -2.48. The zero-order valence-electron chi connectivity index (χ0n) is 14.6. The first kappa shape index (κ1) is 17.6. The van der Waals surface area contributed by atoms with Crippen LogP contribution in [0.15, 0.2) is 24.3 Å². The van der Waals surface area contributed by atoms with Gasteiger partial charge in [0.25, 0.3) is 0 Å². The summed E-state index contributed by atoms with van der Waals surface area (Å²) in [5.74, 6) is 1.26. The average molecular weight is 318 g/mol. The fraction of sp³-hybridized carbons (Fsp3) is 0.632. The molecule has 0 unspecified atom stereocenters. The van der Waals surface area contributed by atoms with Crippen molar-refractivity contribution in [3.05, 3.63) is 24.3 Å². The Hall–Kier alpha value is -1.71. The molecular formula is C19H30N2O2. The van der Waals surface area contributed by atoms with Gasteiger partial charge in [0.15, 0.2) is 0 Å². The van der Waals surface area contributed by atoms with Gasteiger partial charge < -0.3 is 14.5 Å². The molecule has 4 nitrogen and oxygen atoms in total. The van der Waals surface area contributed by atoms with Crippen LogP contribution in [-0.4, -0.2) is 43.6 Å². The van der Waals surface area contributed by atoms with Crippen LogP contribution in [0.2, 0.25) is 0 Å². The number of hydrogen-bond donors (Lipinski definition) is 0. The van der Waals surface area contributed by atoms with Gasteiger partial charge in [-0.2, -0.15) is 0 Å². The Labute approximate surface area is 140 Å². The zero-order valence-corrected chi connectivity index (χ0v) is 14.6. The molecule has 23 heavy (non-hydrogen) atoms. The van der Waals surface area contributed by atoms with E-state index in [4.69, 9.17) is 4.74 Å². The maximum absolute atomic E-state index is 12.3. The van der Waals surface area contributed by atoms with E-state index in [0.717, 1.165) is 44.0 Å². The van der Waals surface area contributed by atoms with Crippen LogP contribution in [0.4, 0.5) is 5.69 Å². The monoisotopic (exact) mass is 318 g/mol. The molecule has 1 aromatic rings. The van der Waals surface area contributed by atoms with E-state index in [-0.39, 0.29) is 0 Å². The van der Waals surface area contributed by atoms with Crippen LogP contribution in [-0.2, 0) is 4.79 Å². The van der Waals surface area contributed by atoms with Gasteiger partial charge in [-0.15, -0.1) is 0 Å². The summed E-state index contributed by atoms with van der Waals surface area (Å²) in [6.07, 6.45) is 5.35.